The van der Waals surface area contributed by atoms with Crippen LogP contribution in [0.4, 0.5) is 4.79 Å². The van der Waals surface area contributed by atoms with Crippen molar-refractivity contribution in [3.8, 4) is 0 Å². The molecule has 0 aromatic carbocycles. The standard InChI is InChI=1S/C16H25N3O6/c1-16(2,3)25-15(23)18-9-8-17-12(20)10-6-5-7-11(14(22)24-4)19(10)13(9)21/h9-11H,5-8H2,1-4H3,(H,17,20)(H,18,23)/t9-,10+,11-/m0/s1. The lowest BCUT2D eigenvalue weighted by molar-refractivity contribution is -0.159. The molecule has 9 heteroatoms. The average Bonchev–Trinajstić information content (AvgIpc) is 2.64. The number of esters is 1. The van der Waals surface area contributed by atoms with E-state index in [1.165, 1.54) is 12.0 Å². The van der Waals surface area contributed by atoms with E-state index in [2.05, 4.69) is 10.6 Å². The van der Waals surface area contributed by atoms with Gasteiger partial charge in [-0.25, -0.2) is 9.59 Å². The van der Waals surface area contributed by atoms with Gasteiger partial charge >= 0.3 is 12.1 Å². The number of methoxy groups -OCH3 is 1. The monoisotopic (exact) mass is 355 g/mol. The molecule has 2 N–H and O–H groups in total. The number of nitrogens with zero attached hydrogens (tertiary/aromatic N) is 1. The van der Waals surface area contributed by atoms with E-state index in [9.17, 15) is 19.2 Å². The van der Waals surface area contributed by atoms with Gasteiger partial charge in [-0.1, -0.05) is 0 Å². The topological polar surface area (TPSA) is 114 Å². The molecule has 0 aliphatic carbocycles. The number of hydrogen-bond acceptors (Lipinski definition) is 6. The molecule has 0 aromatic rings. The minimum Gasteiger partial charge on any atom is -0.467 e. The first kappa shape index (κ1) is 19.0. The van der Waals surface area contributed by atoms with Crippen LogP contribution in [0, 0.1) is 0 Å². The van der Waals surface area contributed by atoms with Crippen LogP contribution in [0.25, 0.3) is 0 Å². The van der Waals surface area contributed by atoms with Crippen LogP contribution in [0.15, 0.2) is 0 Å². The normalized spacial score (nSPS) is 26.9. The number of amides is 3. The zero-order valence-corrected chi connectivity index (χ0v) is 15.0. The van der Waals surface area contributed by atoms with Gasteiger partial charge in [0.1, 0.15) is 23.7 Å². The van der Waals surface area contributed by atoms with Gasteiger partial charge in [0.05, 0.1) is 7.11 Å². The molecule has 2 aliphatic heterocycles. The van der Waals surface area contributed by atoms with Crippen LogP contribution >= 0.6 is 0 Å². The summed E-state index contributed by atoms with van der Waals surface area (Å²) in [5, 5.41) is 5.12. The highest BCUT2D eigenvalue weighted by Crippen LogP contribution is 2.26. The minimum absolute atomic E-state index is 0.0577. The zero-order valence-electron chi connectivity index (χ0n) is 15.0. The van der Waals surface area contributed by atoms with Crippen molar-refractivity contribution in [2.45, 2.75) is 63.8 Å². The first-order chi connectivity index (χ1) is 11.6. The number of carbonyl (C=O) groups is 4. The van der Waals surface area contributed by atoms with Gasteiger partial charge < -0.3 is 25.0 Å². The number of hydrogen-bond donors (Lipinski definition) is 2. The van der Waals surface area contributed by atoms with Crippen molar-refractivity contribution in [3.63, 3.8) is 0 Å². The summed E-state index contributed by atoms with van der Waals surface area (Å²) in [4.78, 5) is 50.5. The molecule has 2 heterocycles. The second-order valence-corrected chi connectivity index (χ2v) is 7.18. The van der Waals surface area contributed by atoms with Crippen LogP contribution < -0.4 is 10.6 Å². The van der Waals surface area contributed by atoms with E-state index < -0.39 is 41.7 Å². The predicted octanol–water partition coefficient (Wildman–Crippen LogP) is -0.0678. The van der Waals surface area contributed by atoms with Crippen molar-refractivity contribution in [3.05, 3.63) is 0 Å². The predicted molar refractivity (Wildman–Crippen MR) is 86.5 cm³/mol. The van der Waals surface area contributed by atoms with E-state index in [-0.39, 0.29) is 12.5 Å². The fourth-order valence-electron chi connectivity index (χ4n) is 3.08. The molecule has 0 unspecified atom stereocenters. The molecular weight excluding hydrogens is 330 g/mol. The van der Waals surface area contributed by atoms with E-state index in [4.69, 9.17) is 9.47 Å². The van der Waals surface area contributed by atoms with E-state index in [0.717, 1.165) is 0 Å². The molecule has 9 nitrogen and oxygen atoms in total. The summed E-state index contributed by atoms with van der Waals surface area (Å²) in [7, 11) is 1.24. The van der Waals surface area contributed by atoms with Gasteiger partial charge in [-0.15, -0.1) is 0 Å². The Balaban J connectivity index is 2.21. The van der Waals surface area contributed by atoms with Crippen LogP contribution in [-0.4, -0.2) is 66.2 Å². The third-order valence-electron chi connectivity index (χ3n) is 4.13. The van der Waals surface area contributed by atoms with Crippen LogP contribution in [0.1, 0.15) is 40.0 Å². The average molecular weight is 355 g/mol. The molecule has 0 spiro atoms. The number of alkyl carbamates (subject to hydrolysis) is 1. The molecule has 0 radical (unpaired) electrons. The summed E-state index contributed by atoms with van der Waals surface area (Å²) in [5.41, 5.74) is -0.719. The Bertz CT molecular complexity index is 571. The fourth-order valence-corrected chi connectivity index (χ4v) is 3.08. The lowest BCUT2D eigenvalue weighted by Crippen LogP contribution is -2.60. The summed E-state index contributed by atoms with van der Waals surface area (Å²) >= 11 is 0. The van der Waals surface area contributed by atoms with Crippen molar-refractivity contribution in [1.82, 2.24) is 15.5 Å². The first-order valence-electron chi connectivity index (χ1n) is 8.31. The Labute approximate surface area is 146 Å². The molecule has 2 aliphatic rings. The largest absolute Gasteiger partial charge is 0.467 e. The Morgan fingerprint density at radius 2 is 1.92 bits per heavy atom. The van der Waals surface area contributed by atoms with Crippen LogP contribution in [-0.2, 0) is 23.9 Å². The van der Waals surface area contributed by atoms with Gasteiger partial charge in [0, 0.05) is 6.54 Å². The maximum Gasteiger partial charge on any atom is 0.408 e. The second kappa shape index (κ2) is 7.28. The first-order valence-corrected chi connectivity index (χ1v) is 8.31. The molecule has 0 saturated carbocycles. The van der Waals surface area contributed by atoms with Gasteiger partial charge in [-0.3, -0.25) is 9.59 Å². The van der Waals surface area contributed by atoms with Gasteiger partial charge in [-0.2, -0.15) is 0 Å². The zero-order chi connectivity index (χ0) is 18.8. The highest BCUT2D eigenvalue weighted by Gasteiger charge is 2.46. The molecule has 140 valence electrons. The molecule has 2 rings (SSSR count). The minimum atomic E-state index is -1.01. The number of nitrogens with one attached hydrogen (secondary N) is 2. The fraction of sp³-hybridized carbons (Fsp3) is 0.750. The van der Waals surface area contributed by atoms with Crippen LogP contribution in [0.3, 0.4) is 0 Å². The van der Waals surface area contributed by atoms with Gasteiger partial charge in [0.25, 0.3) is 0 Å². The van der Waals surface area contributed by atoms with Gasteiger partial charge in [0.15, 0.2) is 0 Å². The van der Waals surface area contributed by atoms with E-state index >= 15 is 0 Å². The summed E-state index contributed by atoms with van der Waals surface area (Å²) in [5.74, 6) is -1.40. The number of piperidine rings is 1. The molecule has 0 aromatic heterocycles. The van der Waals surface area contributed by atoms with Crippen molar-refractivity contribution in [2.24, 2.45) is 0 Å². The Morgan fingerprint density at radius 1 is 1.24 bits per heavy atom. The molecule has 3 amide bonds. The maximum atomic E-state index is 12.9. The Kier molecular flexibility index (Phi) is 5.54. The number of rotatable bonds is 2. The highest BCUT2D eigenvalue weighted by molar-refractivity contribution is 5.97. The molecule has 2 saturated heterocycles. The second-order valence-electron chi connectivity index (χ2n) is 7.18. The maximum absolute atomic E-state index is 12.9. The van der Waals surface area contributed by atoms with Gasteiger partial charge in [-0.05, 0) is 40.0 Å². The Hall–Kier alpha value is -2.32. The SMILES string of the molecule is COC(=O)[C@@H]1CCC[C@@H]2C(=O)NC[C@H](NC(=O)OC(C)(C)C)C(=O)N21. The number of fused-ring (bicyclic) bond motifs is 1. The van der Waals surface area contributed by atoms with Crippen molar-refractivity contribution < 1.29 is 28.7 Å². The summed E-state index contributed by atoms with van der Waals surface area (Å²) in [6.45, 7) is 5.06. The summed E-state index contributed by atoms with van der Waals surface area (Å²) in [6.07, 6.45) is 0.752. The van der Waals surface area contributed by atoms with Crippen molar-refractivity contribution in [2.75, 3.05) is 13.7 Å². The van der Waals surface area contributed by atoms with Crippen molar-refractivity contribution >= 4 is 23.9 Å². The highest BCUT2D eigenvalue weighted by atomic mass is 16.6. The quantitative estimate of drug-likeness (QED) is 0.671. The van der Waals surface area contributed by atoms with E-state index in [1.54, 1.807) is 20.8 Å². The molecule has 25 heavy (non-hydrogen) atoms. The van der Waals surface area contributed by atoms with Gasteiger partial charge in [0.2, 0.25) is 11.8 Å². The van der Waals surface area contributed by atoms with Crippen molar-refractivity contribution in [1.29, 1.82) is 0 Å². The lowest BCUT2D eigenvalue weighted by Gasteiger charge is -2.39. The summed E-state index contributed by atoms with van der Waals surface area (Å²) < 4.78 is 9.93. The third-order valence-corrected chi connectivity index (χ3v) is 4.13. The number of carbonyl (C=O) groups excluding carboxylic acids is 4. The lowest BCUT2D eigenvalue weighted by atomic mass is 9.94. The Morgan fingerprint density at radius 3 is 2.52 bits per heavy atom. The molecule has 3 atom stereocenters. The smallest absolute Gasteiger partial charge is 0.408 e. The number of ether oxygens (including phenoxy) is 2. The van der Waals surface area contributed by atoms with E-state index in [0.29, 0.717) is 19.3 Å². The summed E-state index contributed by atoms with van der Waals surface area (Å²) in [6, 6.07) is -2.58. The molecule has 2 fully saturated rings. The third kappa shape index (κ3) is 4.40. The van der Waals surface area contributed by atoms with Crippen LogP contribution in [0.2, 0.25) is 0 Å². The van der Waals surface area contributed by atoms with Crippen LogP contribution in [0.5, 0.6) is 0 Å². The molecular formula is C16H25N3O6. The molecule has 0 bridgehead atoms. The van der Waals surface area contributed by atoms with E-state index in [1.807, 2.05) is 0 Å².